The van der Waals surface area contributed by atoms with Gasteiger partial charge in [0.1, 0.15) is 13.2 Å². The van der Waals surface area contributed by atoms with Crippen LogP contribution in [0.5, 0.6) is 0 Å². The third kappa shape index (κ3) is 11.6. The molecule has 11 heteroatoms. The number of esters is 2. The molecule has 0 aliphatic heterocycles. The third-order valence-corrected chi connectivity index (χ3v) is 8.67. The van der Waals surface area contributed by atoms with E-state index in [9.17, 15) is 19.2 Å². The second-order valence-electron chi connectivity index (χ2n) is 11.4. The van der Waals surface area contributed by atoms with Crippen LogP contribution in [0.15, 0.2) is 0 Å². The summed E-state index contributed by atoms with van der Waals surface area (Å²) in [6.45, 7) is 1.46. The molecule has 0 aromatic carbocycles. The molecule has 4 rings (SSSR count). The summed E-state index contributed by atoms with van der Waals surface area (Å²) in [5.41, 5.74) is 0. The molecule has 4 aliphatic rings. The number of hydrogen-bond acceptors (Lipinski definition) is 9. The summed E-state index contributed by atoms with van der Waals surface area (Å²) in [7, 11) is 0. The number of alkyl carbamates (subject to hydrolysis) is 2. The Bertz CT molecular complexity index is 968. The van der Waals surface area contributed by atoms with E-state index >= 15 is 0 Å². The highest BCUT2D eigenvalue weighted by Gasteiger charge is 2.50. The Morgan fingerprint density at radius 2 is 0.907 bits per heavy atom. The van der Waals surface area contributed by atoms with Crippen LogP contribution in [-0.4, -0.2) is 76.9 Å². The van der Waals surface area contributed by atoms with Gasteiger partial charge in [0.25, 0.3) is 0 Å². The van der Waals surface area contributed by atoms with Crippen LogP contribution < -0.4 is 10.6 Å². The fraction of sp³-hybridized carbons (Fsp3) is 0.750. The van der Waals surface area contributed by atoms with Crippen molar-refractivity contribution in [3.05, 3.63) is 0 Å². The van der Waals surface area contributed by atoms with Gasteiger partial charge in [0.05, 0.1) is 39.3 Å². The lowest BCUT2D eigenvalue weighted by Crippen LogP contribution is -2.28. The zero-order valence-electron chi connectivity index (χ0n) is 24.9. The van der Waals surface area contributed by atoms with E-state index in [1.54, 1.807) is 0 Å². The first kappa shape index (κ1) is 32.5. The van der Waals surface area contributed by atoms with E-state index in [-0.39, 0.29) is 52.4 Å². The van der Waals surface area contributed by atoms with Gasteiger partial charge in [-0.05, 0) is 61.2 Å². The number of carbonyl (C=O) groups excluding carboxylic acids is 4. The van der Waals surface area contributed by atoms with Crippen LogP contribution >= 0.6 is 0 Å². The minimum Gasteiger partial charge on any atom is -0.463 e. The molecule has 0 heterocycles. The Kier molecular flexibility index (Phi) is 13.3. The summed E-state index contributed by atoms with van der Waals surface area (Å²) in [4.78, 5) is 47.5. The molecule has 2 saturated carbocycles. The minimum absolute atomic E-state index is 0.0252. The van der Waals surface area contributed by atoms with Crippen LogP contribution in [0, 0.1) is 59.2 Å². The summed E-state index contributed by atoms with van der Waals surface area (Å²) in [6, 6.07) is 0. The van der Waals surface area contributed by atoms with E-state index in [0.717, 1.165) is 51.4 Å². The number of fused-ring (bicyclic) bond motifs is 2. The number of ether oxygens (including phenoxy) is 5. The number of carbonyl (C=O) groups is 4. The van der Waals surface area contributed by atoms with Crippen molar-refractivity contribution < 1.29 is 42.9 Å². The molecule has 2 fully saturated rings. The Balaban J connectivity index is 0.890. The van der Waals surface area contributed by atoms with Crippen LogP contribution in [0.1, 0.15) is 64.2 Å². The standard InChI is InChI=1S/C32H44N2O9/c35-29(13-15-33-31(37)42-21-27-23-9-5-1-2-6-10-24(23)27)40-19-17-39-18-20-41-30(36)14-16-34-32(38)43-22-28-25-11-7-3-4-8-12-26(25)28/h23-28H,5-22H2,(H,33,37)(H,34,38)/t23-,24+,25-,26+,27?,28?. The quantitative estimate of drug-likeness (QED) is 0.118. The second-order valence-corrected chi connectivity index (χ2v) is 11.4. The maximum absolute atomic E-state index is 11.9. The lowest BCUT2D eigenvalue weighted by Gasteiger charge is -2.09. The van der Waals surface area contributed by atoms with Gasteiger partial charge in [-0.1, -0.05) is 0 Å². The number of rotatable bonds is 16. The summed E-state index contributed by atoms with van der Waals surface area (Å²) in [6.07, 6.45) is 6.97. The zero-order valence-corrected chi connectivity index (χ0v) is 24.9. The lowest BCUT2D eigenvalue weighted by molar-refractivity contribution is -0.146. The highest BCUT2D eigenvalue weighted by Crippen LogP contribution is 2.53. The SMILES string of the molecule is O=C(CCNC(=O)OCC1[C@H]2CCC#CCC[C@@H]12)OCCOCCOC(=O)CCNC(=O)OCC1[C@H]2CCC#CCC[C@@H]12. The zero-order chi connectivity index (χ0) is 30.3. The van der Waals surface area contributed by atoms with Crippen LogP contribution in [0.4, 0.5) is 9.59 Å². The van der Waals surface area contributed by atoms with Gasteiger partial charge in [0.2, 0.25) is 0 Å². The van der Waals surface area contributed by atoms with Crippen LogP contribution in [0.2, 0.25) is 0 Å². The Hall–Kier alpha value is -3.44. The summed E-state index contributed by atoms with van der Waals surface area (Å²) >= 11 is 0. The van der Waals surface area contributed by atoms with Gasteiger partial charge in [0, 0.05) is 38.8 Å². The molecule has 0 bridgehead atoms. The smallest absolute Gasteiger partial charge is 0.407 e. The van der Waals surface area contributed by atoms with Gasteiger partial charge in [-0.2, -0.15) is 0 Å². The van der Waals surface area contributed by atoms with E-state index < -0.39 is 24.1 Å². The maximum Gasteiger partial charge on any atom is 0.407 e. The molecule has 0 saturated heterocycles. The Labute approximate surface area is 253 Å². The van der Waals surface area contributed by atoms with Crippen molar-refractivity contribution in [3.8, 4) is 23.7 Å². The fourth-order valence-electron chi connectivity index (χ4n) is 6.22. The van der Waals surface area contributed by atoms with Crippen molar-refractivity contribution in [3.63, 3.8) is 0 Å². The highest BCUT2D eigenvalue weighted by atomic mass is 16.6. The third-order valence-electron chi connectivity index (χ3n) is 8.67. The molecular formula is C32H44N2O9. The molecule has 0 aromatic heterocycles. The van der Waals surface area contributed by atoms with E-state index in [2.05, 4.69) is 34.3 Å². The van der Waals surface area contributed by atoms with Gasteiger partial charge >= 0.3 is 24.1 Å². The van der Waals surface area contributed by atoms with E-state index in [1.807, 2.05) is 0 Å². The van der Waals surface area contributed by atoms with Gasteiger partial charge in [-0.15, -0.1) is 23.7 Å². The molecule has 11 nitrogen and oxygen atoms in total. The average molecular weight is 601 g/mol. The fourth-order valence-corrected chi connectivity index (χ4v) is 6.22. The molecular weight excluding hydrogens is 556 g/mol. The lowest BCUT2D eigenvalue weighted by atomic mass is 10.1. The molecule has 43 heavy (non-hydrogen) atoms. The topological polar surface area (TPSA) is 138 Å². The minimum atomic E-state index is -0.524. The Morgan fingerprint density at radius 3 is 1.28 bits per heavy atom. The molecule has 4 aliphatic carbocycles. The first-order valence-electron chi connectivity index (χ1n) is 15.6. The number of hydrogen-bond donors (Lipinski definition) is 2. The summed E-state index contributed by atoms with van der Waals surface area (Å²) in [5.74, 6) is 15.0. The first-order chi connectivity index (χ1) is 21.0. The highest BCUT2D eigenvalue weighted by molar-refractivity contribution is 5.72. The maximum atomic E-state index is 11.9. The predicted molar refractivity (Wildman–Crippen MR) is 154 cm³/mol. The van der Waals surface area contributed by atoms with Crippen molar-refractivity contribution in [1.29, 1.82) is 0 Å². The summed E-state index contributed by atoms with van der Waals surface area (Å²) in [5, 5.41) is 5.16. The van der Waals surface area contributed by atoms with Gasteiger partial charge in [-0.3, -0.25) is 9.59 Å². The molecule has 2 N–H and O–H groups in total. The van der Waals surface area contributed by atoms with Crippen molar-refractivity contribution in [2.24, 2.45) is 35.5 Å². The van der Waals surface area contributed by atoms with E-state index in [0.29, 0.717) is 48.7 Å². The second kappa shape index (κ2) is 17.6. The number of amides is 2. The molecule has 0 radical (unpaired) electrons. The van der Waals surface area contributed by atoms with Crippen LogP contribution in [-0.2, 0) is 33.3 Å². The first-order valence-corrected chi connectivity index (χ1v) is 15.6. The van der Waals surface area contributed by atoms with Crippen LogP contribution in [0.25, 0.3) is 0 Å². The predicted octanol–water partition coefficient (Wildman–Crippen LogP) is 3.20. The molecule has 6 atom stereocenters. The molecule has 2 amide bonds. The normalized spacial score (nSPS) is 26.3. The number of nitrogens with one attached hydrogen (secondary N) is 2. The van der Waals surface area contributed by atoms with Crippen molar-refractivity contribution in [2.45, 2.75) is 64.2 Å². The average Bonchev–Trinajstić information content (AvgIpc) is 3.82. The molecule has 0 aromatic rings. The van der Waals surface area contributed by atoms with Gasteiger partial charge in [0.15, 0.2) is 0 Å². The van der Waals surface area contributed by atoms with Gasteiger partial charge < -0.3 is 34.3 Å². The van der Waals surface area contributed by atoms with E-state index in [1.165, 1.54) is 0 Å². The van der Waals surface area contributed by atoms with Crippen molar-refractivity contribution >= 4 is 24.1 Å². The summed E-state index contributed by atoms with van der Waals surface area (Å²) < 4.78 is 26.1. The molecule has 236 valence electrons. The van der Waals surface area contributed by atoms with Crippen molar-refractivity contribution in [1.82, 2.24) is 10.6 Å². The Morgan fingerprint density at radius 1 is 0.535 bits per heavy atom. The largest absolute Gasteiger partial charge is 0.463 e. The monoisotopic (exact) mass is 600 g/mol. The molecule has 0 spiro atoms. The van der Waals surface area contributed by atoms with Gasteiger partial charge in [-0.25, -0.2) is 9.59 Å². The molecule has 2 unspecified atom stereocenters. The van der Waals surface area contributed by atoms with E-state index in [4.69, 9.17) is 23.7 Å². The van der Waals surface area contributed by atoms with Crippen molar-refractivity contribution in [2.75, 3.05) is 52.7 Å². The van der Waals surface area contributed by atoms with Crippen LogP contribution in [0.3, 0.4) is 0 Å².